The minimum Gasteiger partial charge on any atom is -0.475 e. The topological polar surface area (TPSA) is 125 Å². The number of carbonyl (C=O) groups is 1. The molecule has 2 rings (SSSR count). The Morgan fingerprint density at radius 1 is 1.45 bits per heavy atom. The lowest BCUT2D eigenvalue weighted by Gasteiger charge is -2.05. The maximum absolute atomic E-state index is 12.1. The number of furan rings is 1. The Morgan fingerprint density at radius 3 is 2.65 bits per heavy atom. The zero-order chi connectivity index (χ0) is 14.9. The largest absolute Gasteiger partial charge is 0.475 e. The molecule has 0 radical (unpaired) electrons. The summed E-state index contributed by atoms with van der Waals surface area (Å²) in [6, 6.07) is 2.67. The number of aromatic amines is 1. The first-order valence-electron chi connectivity index (χ1n) is 5.64. The van der Waals surface area contributed by atoms with Crippen LogP contribution in [0.5, 0.6) is 0 Å². The number of carboxylic acids is 1. The number of sulfonamides is 1. The van der Waals surface area contributed by atoms with Crippen molar-refractivity contribution in [1.82, 2.24) is 14.9 Å². The van der Waals surface area contributed by atoms with E-state index in [0.717, 1.165) is 0 Å². The van der Waals surface area contributed by atoms with Crippen molar-refractivity contribution >= 4 is 16.0 Å². The normalized spacial score (nSPS) is 11.7. The summed E-state index contributed by atoms with van der Waals surface area (Å²) < 4.78 is 31.5. The van der Waals surface area contributed by atoms with Crippen molar-refractivity contribution in [2.45, 2.75) is 25.3 Å². The molecule has 0 spiro atoms. The summed E-state index contributed by atoms with van der Waals surface area (Å²) in [6.07, 6.45) is 0. The Morgan fingerprint density at radius 2 is 2.15 bits per heavy atom. The van der Waals surface area contributed by atoms with Crippen LogP contribution in [0.2, 0.25) is 0 Å². The molecule has 0 bridgehead atoms. The highest BCUT2D eigenvalue weighted by atomic mass is 32.2. The summed E-state index contributed by atoms with van der Waals surface area (Å²) in [7, 11) is -3.74. The Kier molecular flexibility index (Phi) is 3.64. The highest BCUT2D eigenvalue weighted by Crippen LogP contribution is 2.17. The van der Waals surface area contributed by atoms with E-state index >= 15 is 0 Å². The highest BCUT2D eigenvalue weighted by molar-refractivity contribution is 7.89. The third kappa shape index (κ3) is 2.73. The Balaban J connectivity index is 2.15. The predicted molar refractivity (Wildman–Crippen MR) is 67.8 cm³/mol. The molecule has 0 aromatic carbocycles. The van der Waals surface area contributed by atoms with E-state index in [1.54, 1.807) is 13.8 Å². The third-order valence-electron chi connectivity index (χ3n) is 2.64. The summed E-state index contributed by atoms with van der Waals surface area (Å²) in [5.41, 5.74) is 0.793. The first-order valence-corrected chi connectivity index (χ1v) is 7.13. The van der Waals surface area contributed by atoms with Gasteiger partial charge in [-0.25, -0.2) is 17.9 Å². The van der Waals surface area contributed by atoms with E-state index < -0.39 is 16.0 Å². The first-order chi connectivity index (χ1) is 9.31. The zero-order valence-electron chi connectivity index (χ0n) is 10.8. The number of hydrogen-bond acceptors (Lipinski definition) is 5. The van der Waals surface area contributed by atoms with Gasteiger partial charge in [-0.15, -0.1) is 0 Å². The number of aromatic nitrogens is 2. The lowest BCUT2D eigenvalue weighted by molar-refractivity contribution is 0.0660. The van der Waals surface area contributed by atoms with E-state index in [9.17, 15) is 13.2 Å². The SMILES string of the molecule is Cc1n[nH]c(C)c1S(=O)(=O)NCc1ccc(C(=O)O)o1. The number of nitrogens with one attached hydrogen (secondary N) is 2. The molecule has 0 atom stereocenters. The zero-order valence-corrected chi connectivity index (χ0v) is 11.6. The summed E-state index contributed by atoms with van der Waals surface area (Å²) in [5.74, 6) is -1.24. The molecular weight excluding hydrogens is 286 g/mol. The molecule has 2 aromatic rings. The van der Waals surface area contributed by atoms with E-state index in [0.29, 0.717) is 11.4 Å². The van der Waals surface area contributed by atoms with Crippen molar-refractivity contribution in [3.63, 3.8) is 0 Å². The second-order valence-electron chi connectivity index (χ2n) is 4.16. The van der Waals surface area contributed by atoms with Gasteiger partial charge in [-0.1, -0.05) is 0 Å². The molecule has 0 saturated carbocycles. The first kappa shape index (κ1) is 14.3. The van der Waals surface area contributed by atoms with Crippen molar-refractivity contribution in [3.05, 3.63) is 35.0 Å². The van der Waals surface area contributed by atoms with Gasteiger partial charge in [0.25, 0.3) is 0 Å². The van der Waals surface area contributed by atoms with Crippen molar-refractivity contribution in [1.29, 1.82) is 0 Å². The van der Waals surface area contributed by atoms with Gasteiger partial charge in [0.1, 0.15) is 10.7 Å². The monoisotopic (exact) mass is 299 g/mol. The van der Waals surface area contributed by atoms with Crippen LogP contribution < -0.4 is 4.72 Å². The molecule has 0 fully saturated rings. The summed E-state index contributed by atoms with van der Waals surface area (Å²) in [6.45, 7) is 3.04. The number of aromatic carboxylic acids is 1. The average Bonchev–Trinajstić information content (AvgIpc) is 2.94. The van der Waals surface area contributed by atoms with Crippen LogP contribution >= 0.6 is 0 Å². The number of H-pyrrole nitrogens is 1. The maximum atomic E-state index is 12.1. The number of rotatable bonds is 5. The van der Waals surface area contributed by atoms with E-state index in [-0.39, 0.29) is 23.0 Å². The van der Waals surface area contributed by atoms with Gasteiger partial charge in [-0.05, 0) is 26.0 Å². The highest BCUT2D eigenvalue weighted by Gasteiger charge is 2.22. The van der Waals surface area contributed by atoms with Crippen LogP contribution in [0, 0.1) is 13.8 Å². The van der Waals surface area contributed by atoms with Gasteiger partial charge < -0.3 is 9.52 Å². The van der Waals surface area contributed by atoms with E-state index in [4.69, 9.17) is 9.52 Å². The summed E-state index contributed by atoms with van der Waals surface area (Å²) in [4.78, 5) is 10.7. The van der Waals surface area contributed by atoms with Gasteiger partial charge in [-0.2, -0.15) is 5.10 Å². The lowest BCUT2D eigenvalue weighted by Crippen LogP contribution is -2.24. The van der Waals surface area contributed by atoms with Gasteiger partial charge in [0.15, 0.2) is 0 Å². The Hall–Kier alpha value is -2.13. The van der Waals surface area contributed by atoms with Crippen molar-refractivity contribution in [2.75, 3.05) is 0 Å². The van der Waals surface area contributed by atoms with Gasteiger partial charge in [-0.3, -0.25) is 5.10 Å². The van der Waals surface area contributed by atoms with E-state index in [1.165, 1.54) is 12.1 Å². The molecule has 0 aliphatic heterocycles. The predicted octanol–water partition coefficient (Wildman–Crippen LogP) is 0.796. The fourth-order valence-corrected chi connectivity index (χ4v) is 3.12. The second kappa shape index (κ2) is 5.10. The molecule has 0 unspecified atom stereocenters. The molecule has 8 nitrogen and oxygen atoms in total. The molecule has 2 aromatic heterocycles. The van der Waals surface area contributed by atoms with Crippen molar-refractivity contribution in [2.24, 2.45) is 0 Å². The molecule has 2 heterocycles. The average molecular weight is 299 g/mol. The van der Waals surface area contributed by atoms with Crippen LogP contribution in [-0.2, 0) is 16.6 Å². The minimum atomic E-state index is -3.74. The molecule has 3 N–H and O–H groups in total. The number of nitrogens with zero attached hydrogens (tertiary/aromatic N) is 1. The van der Waals surface area contributed by atoms with Crippen LogP contribution in [0.15, 0.2) is 21.4 Å². The van der Waals surface area contributed by atoms with Crippen LogP contribution in [0.3, 0.4) is 0 Å². The molecule has 0 aliphatic carbocycles. The molecule has 0 aliphatic rings. The van der Waals surface area contributed by atoms with Gasteiger partial charge in [0, 0.05) is 0 Å². The maximum Gasteiger partial charge on any atom is 0.371 e. The summed E-state index contributed by atoms with van der Waals surface area (Å²) >= 11 is 0. The number of carboxylic acid groups (broad SMARTS) is 1. The van der Waals surface area contributed by atoms with Gasteiger partial charge >= 0.3 is 5.97 Å². The van der Waals surface area contributed by atoms with Gasteiger partial charge in [0.2, 0.25) is 15.8 Å². The van der Waals surface area contributed by atoms with E-state index in [1.807, 2.05) is 0 Å². The minimum absolute atomic E-state index is 0.0857. The third-order valence-corrected chi connectivity index (χ3v) is 4.30. The molecule has 108 valence electrons. The standard InChI is InChI=1S/C11H13N3O5S/c1-6-10(7(2)14-13-6)20(17,18)12-5-8-3-4-9(19-8)11(15)16/h3-4,12H,5H2,1-2H3,(H,13,14)(H,15,16). The van der Waals surface area contributed by atoms with Crippen LogP contribution in [0.25, 0.3) is 0 Å². The van der Waals surface area contributed by atoms with E-state index in [2.05, 4.69) is 14.9 Å². The fourth-order valence-electron chi connectivity index (χ4n) is 1.76. The van der Waals surface area contributed by atoms with Crippen molar-refractivity contribution < 1.29 is 22.7 Å². The molecule has 9 heteroatoms. The molecule has 20 heavy (non-hydrogen) atoms. The van der Waals surface area contributed by atoms with Gasteiger partial charge in [0.05, 0.1) is 17.9 Å². The Labute approximate surface area is 114 Å². The fraction of sp³-hybridized carbons (Fsp3) is 0.273. The molecular formula is C11H13N3O5S. The number of aryl methyl sites for hydroxylation is 2. The second-order valence-corrected chi connectivity index (χ2v) is 5.86. The molecule has 0 amide bonds. The quantitative estimate of drug-likeness (QED) is 0.749. The molecule has 0 saturated heterocycles. The smallest absolute Gasteiger partial charge is 0.371 e. The lowest BCUT2D eigenvalue weighted by atomic mass is 10.4. The van der Waals surface area contributed by atoms with Crippen LogP contribution in [0.1, 0.15) is 27.7 Å². The van der Waals surface area contributed by atoms with Crippen molar-refractivity contribution in [3.8, 4) is 0 Å². The summed E-state index contributed by atoms with van der Waals surface area (Å²) in [5, 5.41) is 15.1. The number of hydrogen-bond donors (Lipinski definition) is 3. The van der Waals surface area contributed by atoms with Crippen LogP contribution in [-0.4, -0.2) is 29.7 Å². The Bertz CT molecular complexity index is 724. The van der Waals surface area contributed by atoms with Crippen LogP contribution in [0.4, 0.5) is 0 Å².